The molecule has 27 heavy (non-hydrogen) atoms. The predicted octanol–water partition coefficient (Wildman–Crippen LogP) is 0.275. The first-order valence-electron chi connectivity index (χ1n) is 8.55. The highest BCUT2D eigenvalue weighted by molar-refractivity contribution is 6.06. The Balaban J connectivity index is 1.66. The van der Waals surface area contributed by atoms with Crippen LogP contribution in [0.3, 0.4) is 0 Å². The zero-order valence-electron chi connectivity index (χ0n) is 14.9. The molecule has 0 bridgehead atoms. The maximum atomic E-state index is 12.4. The molecule has 9 heteroatoms. The molecule has 1 fully saturated rings. The van der Waals surface area contributed by atoms with Crippen LogP contribution in [0.15, 0.2) is 47.2 Å². The third kappa shape index (κ3) is 4.38. The van der Waals surface area contributed by atoms with Crippen molar-refractivity contribution in [2.24, 2.45) is 10.7 Å². The lowest BCUT2D eigenvalue weighted by molar-refractivity contribution is -0.122. The molecular weight excluding hydrogens is 346 g/mol. The Bertz CT molecular complexity index is 886. The zero-order valence-corrected chi connectivity index (χ0v) is 14.9. The van der Waals surface area contributed by atoms with E-state index in [4.69, 9.17) is 5.73 Å². The number of aliphatic imine (C=N–C) groups is 1. The average molecular weight is 367 g/mol. The maximum absolute atomic E-state index is 12.4. The van der Waals surface area contributed by atoms with Crippen LogP contribution in [0.4, 0.5) is 0 Å². The van der Waals surface area contributed by atoms with E-state index in [-0.39, 0.29) is 11.7 Å². The molecule has 2 amide bonds. The number of aromatic nitrogens is 3. The lowest BCUT2D eigenvalue weighted by atomic mass is 10.1. The molecule has 5 N–H and O–H groups in total. The summed E-state index contributed by atoms with van der Waals surface area (Å²) in [6, 6.07) is 9.01. The van der Waals surface area contributed by atoms with Crippen molar-refractivity contribution >= 4 is 17.5 Å². The van der Waals surface area contributed by atoms with Crippen molar-refractivity contribution in [1.82, 2.24) is 25.8 Å². The van der Waals surface area contributed by atoms with Crippen LogP contribution in [-0.4, -0.2) is 45.8 Å². The first-order chi connectivity index (χ1) is 13.1. The standard InChI is InChI=1S/C18H21N7O2/c1-20-12-7-8-13(17(26)22-14(12)10-19)21-18(27)16-23-15(24-25-16)9-11-5-3-2-4-6-11/h2-6,10,13H,7-9,19H2,1H3,(H,21,27)(H,22,26)(H,23,24,25)/t13-/m1/s1. The average Bonchev–Trinajstić information content (AvgIpc) is 3.09. The minimum absolute atomic E-state index is 0.00282. The Kier molecular flexibility index (Phi) is 5.60. The highest BCUT2D eigenvalue weighted by Crippen LogP contribution is 2.11. The molecule has 1 saturated heterocycles. The van der Waals surface area contributed by atoms with Gasteiger partial charge < -0.3 is 16.4 Å². The Morgan fingerprint density at radius 3 is 2.89 bits per heavy atom. The number of hydrogen-bond donors (Lipinski definition) is 4. The molecule has 1 atom stereocenters. The molecule has 2 aromatic rings. The highest BCUT2D eigenvalue weighted by atomic mass is 16.2. The van der Waals surface area contributed by atoms with Crippen molar-refractivity contribution in [1.29, 1.82) is 0 Å². The van der Waals surface area contributed by atoms with Gasteiger partial charge in [-0.2, -0.15) is 0 Å². The quantitative estimate of drug-likeness (QED) is 0.615. The Hall–Kier alpha value is -3.49. The van der Waals surface area contributed by atoms with Gasteiger partial charge in [-0.1, -0.05) is 30.3 Å². The molecule has 3 rings (SSSR count). The number of nitrogens with two attached hydrogens (primary N) is 1. The minimum Gasteiger partial charge on any atom is -0.403 e. The fourth-order valence-corrected chi connectivity index (χ4v) is 2.83. The van der Waals surface area contributed by atoms with E-state index in [1.54, 1.807) is 7.05 Å². The molecule has 0 unspecified atom stereocenters. The summed E-state index contributed by atoms with van der Waals surface area (Å²) in [5.74, 6) is -0.290. The van der Waals surface area contributed by atoms with Crippen LogP contribution in [0.2, 0.25) is 0 Å². The van der Waals surface area contributed by atoms with Crippen molar-refractivity contribution in [2.45, 2.75) is 25.3 Å². The van der Waals surface area contributed by atoms with Gasteiger partial charge in [0.2, 0.25) is 11.7 Å². The van der Waals surface area contributed by atoms with Gasteiger partial charge in [-0.3, -0.25) is 19.7 Å². The molecule has 140 valence electrons. The van der Waals surface area contributed by atoms with Gasteiger partial charge in [0.15, 0.2) is 0 Å². The van der Waals surface area contributed by atoms with Crippen molar-refractivity contribution in [3.8, 4) is 0 Å². The van der Waals surface area contributed by atoms with Crippen molar-refractivity contribution < 1.29 is 9.59 Å². The van der Waals surface area contributed by atoms with Gasteiger partial charge >= 0.3 is 0 Å². The van der Waals surface area contributed by atoms with Crippen molar-refractivity contribution in [3.63, 3.8) is 0 Å². The maximum Gasteiger partial charge on any atom is 0.291 e. The molecular formula is C18H21N7O2. The number of allylic oxidation sites excluding steroid dienone is 1. The predicted molar refractivity (Wildman–Crippen MR) is 99.9 cm³/mol. The van der Waals surface area contributed by atoms with E-state index in [2.05, 4.69) is 30.8 Å². The first kappa shape index (κ1) is 18.3. The SMILES string of the molecule is CN=C1CC[C@@H](NC(=O)c2n[nH]c(Cc3ccccc3)n2)C(=O)NC1=CN. The second-order valence-electron chi connectivity index (χ2n) is 6.07. The Morgan fingerprint density at radius 2 is 2.19 bits per heavy atom. The van der Waals surface area contributed by atoms with Crippen molar-refractivity contribution in [2.75, 3.05) is 7.05 Å². The fourth-order valence-electron chi connectivity index (χ4n) is 2.83. The second kappa shape index (κ2) is 8.26. The normalized spacial score (nSPS) is 20.3. The Labute approximate surface area is 156 Å². The van der Waals surface area contributed by atoms with E-state index in [0.717, 1.165) is 5.56 Å². The number of nitrogens with zero attached hydrogens (tertiary/aromatic N) is 3. The molecule has 1 aliphatic rings. The molecule has 9 nitrogen and oxygen atoms in total. The van der Waals surface area contributed by atoms with Gasteiger partial charge in [0.05, 0.1) is 11.4 Å². The topological polar surface area (TPSA) is 138 Å². The molecule has 2 heterocycles. The molecule has 0 spiro atoms. The summed E-state index contributed by atoms with van der Waals surface area (Å²) < 4.78 is 0. The van der Waals surface area contributed by atoms with E-state index in [9.17, 15) is 9.59 Å². The fraction of sp³-hybridized carbons (Fsp3) is 0.278. The van der Waals surface area contributed by atoms with E-state index in [1.807, 2.05) is 30.3 Å². The van der Waals surface area contributed by atoms with Gasteiger partial charge in [0, 0.05) is 19.7 Å². The number of aromatic amines is 1. The van der Waals surface area contributed by atoms with E-state index < -0.39 is 11.9 Å². The largest absolute Gasteiger partial charge is 0.403 e. The lowest BCUT2D eigenvalue weighted by Gasteiger charge is -2.13. The lowest BCUT2D eigenvalue weighted by Crippen LogP contribution is -2.45. The van der Waals surface area contributed by atoms with Crippen LogP contribution < -0.4 is 16.4 Å². The minimum atomic E-state index is -0.720. The molecule has 1 aromatic carbocycles. The van der Waals surface area contributed by atoms with E-state index in [1.165, 1.54) is 6.20 Å². The number of hydrogen-bond acceptors (Lipinski definition) is 6. The van der Waals surface area contributed by atoms with Crippen LogP contribution in [0.5, 0.6) is 0 Å². The smallest absolute Gasteiger partial charge is 0.291 e. The van der Waals surface area contributed by atoms with Gasteiger partial charge in [-0.15, -0.1) is 5.10 Å². The van der Waals surface area contributed by atoms with Crippen LogP contribution in [0, 0.1) is 0 Å². The van der Waals surface area contributed by atoms with E-state index >= 15 is 0 Å². The number of amides is 2. The summed E-state index contributed by atoms with van der Waals surface area (Å²) >= 11 is 0. The summed E-state index contributed by atoms with van der Waals surface area (Å²) in [7, 11) is 1.63. The zero-order chi connectivity index (χ0) is 19.2. The number of H-pyrrole nitrogens is 1. The summed E-state index contributed by atoms with van der Waals surface area (Å²) in [6.45, 7) is 0. The molecule has 0 radical (unpaired) electrons. The third-order valence-corrected chi connectivity index (χ3v) is 4.25. The molecule has 1 aromatic heterocycles. The van der Waals surface area contributed by atoms with Crippen LogP contribution in [0.25, 0.3) is 0 Å². The number of carbonyl (C=O) groups excluding carboxylic acids is 2. The van der Waals surface area contributed by atoms with Gasteiger partial charge in [-0.25, -0.2) is 4.98 Å². The number of carbonyl (C=O) groups is 2. The third-order valence-electron chi connectivity index (χ3n) is 4.25. The summed E-state index contributed by atoms with van der Waals surface area (Å²) in [5.41, 5.74) is 7.73. The van der Waals surface area contributed by atoms with Gasteiger partial charge in [0.1, 0.15) is 11.9 Å². The van der Waals surface area contributed by atoms with Crippen molar-refractivity contribution in [3.05, 3.63) is 59.4 Å². The number of benzene rings is 1. The Morgan fingerprint density at radius 1 is 1.41 bits per heavy atom. The van der Waals surface area contributed by atoms with Crippen LogP contribution >= 0.6 is 0 Å². The molecule has 0 aliphatic carbocycles. The van der Waals surface area contributed by atoms with Gasteiger partial charge in [-0.05, 0) is 18.4 Å². The number of rotatable bonds is 4. The summed E-state index contributed by atoms with van der Waals surface area (Å²) in [6.07, 6.45) is 2.75. The summed E-state index contributed by atoms with van der Waals surface area (Å²) in [4.78, 5) is 33.1. The van der Waals surface area contributed by atoms with Crippen LogP contribution in [-0.2, 0) is 11.2 Å². The monoisotopic (exact) mass is 367 g/mol. The van der Waals surface area contributed by atoms with Gasteiger partial charge in [0.25, 0.3) is 5.91 Å². The molecule has 1 aliphatic heterocycles. The summed E-state index contributed by atoms with van der Waals surface area (Å²) in [5, 5.41) is 12.1. The highest BCUT2D eigenvalue weighted by Gasteiger charge is 2.28. The molecule has 0 saturated carbocycles. The van der Waals surface area contributed by atoms with E-state index in [0.29, 0.717) is 36.5 Å². The second-order valence-corrected chi connectivity index (χ2v) is 6.07. The number of nitrogens with one attached hydrogen (secondary N) is 3. The first-order valence-corrected chi connectivity index (χ1v) is 8.55. The van der Waals surface area contributed by atoms with Crippen LogP contribution in [0.1, 0.15) is 34.8 Å².